The van der Waals surface area contributed by atoms with Crippen LogP contribution in [0.15, 0.2) is 18.0 Å². The van der Waals surface area contributed by atoms with E-state index in [1.165, 1.54) is 11.9 Å². The maximum absolute atomic E-state index is 13.4. The fourth-order valence-corrected chi connectivity index (χ4v) is 11.9. The Balaban J connectivity index is 1.43. The summed E-state index contributed by atoms with van der Waals surface area (Å²) in [6.45, 7) is 24.3. The lowest BCUT2D eigenvalue weighted by Gasteiger charge is -2.71. The minimum Gasteiger partial charge on any atom is -0.481 e. The summed E-state index contributed by atoms with van der Waals surface area (Å²) >= 11 is 0. The number of nitrogens with two attached hydrogens (primary N) is 1. The van der Waals surface area contributed by atoms with Crippen LogP contribution in [0.3, 0.4) is 0 Å². The van der Waals surface area contributed by atoms with E-state index in [0.717, 1.165) is 38.5 Å². The van der Waals surface area contributed by atoms with Gasteiger partial charge in [0.05, 0.1) is 31.8 Å². The largest absolute Gasteiger partial charge is 0.481 e. The Morgan fingerprint density at radius 1 is 1.13 bits per heavy atom. The van der Waals surface area contributed by atoms with E-state index in [9.17, 15) is 9.90 Å². The number of nitrogens with zero attached hydrogens (tertiary/aromatic N) is 4. The van der Waals surface area contributed by atoms with Crippen LogP contribution in [0.5, 0.6) is 0 Å². The van der Waals surface area contributed by atoms with Crippen molar-refractivity contribution in [3.63, 3.8) is 0 Å². The van der Waals surface area contributed by atoms with Crippen molar-refractivity contribution in [3.05, 3.63) is 18.0 Å². The summed E-state index contributed by atoms with van der Waals surface area (Å²) in [7, 11) is 0. The van der Waals surface area contributed by atoms with Crippen LogP contribution in [0.25, 0.3) is 0 Å². The molecule has 46 heavy (non-hydrogen) atoms. The Morgan fingerprint density at radius 3 is 2.46 bits per heavy atom. The molecule has 2 unspecified atom stereocenters. The third-order valence-corrected chi connectivity index (χ3v) is 15.6. The van der Waals surface area contributed by atoms with Gasteiger partial charge in [-0.05, 0) is 96.5 Å². The smallest absolute Gasteiger partial charge is 0.307 e. The third kappa shape index (κ3) is 4.56. The summed E-state index contributed by atoms with van der Waals surface area (Å²) in [4.78, 5) is 15.2. The lowest BCUT2D eigenvalue weighted by atomic mass is 9.34. The van der Waals surface area contributed by atoms with Gasteiger partial charge in [-0.2, -0.15) is 4.80 Å². The molecule has 0 amide bonds. The normalized spacial score (nSPS) is 45.7. The van der Waals surface area contributed by atoms with Crippen molar-refractivity contribution < 1.29 is 19.4 Å². The fraction of sp³-hybridized carbons (Fsp3) is 0.892. The molecule has 9 nitrogen and oxygen atoms in total. The maximum Gasteiger partial charge on any atom is 0.307 e. The Morgan fingerprint density at radius 2 is 1.85 bits per heavy atom. The summed E-state index contributed by atoms with van der Waals surface area (Å²) in [5, 5.41) is 24.2. The van der Waals surface area contributed by atoms with Crippen LogP contribution in [-0.2, 0) is 14.3 Å². The Hall–Kier alpha value is -1.84. The SMILES string of the molecule is CC(C)[C@@H](C)[C@@]1(C)CC[C@]2(C)[C@H]3CC[C@@H]4C5(COC[C@]4(C)[C@@H](OCC(C)(N)C(C)C)[C@H](n4ncnn4)C5)C3=CC[C@@]2(C)[C@@H]1C(=O)O. The molecule has 4 fully saturated rings. The second kappa shape index (κ2) is 11.1. The van der Waals surface area contributed by atoms with Crippen molar-refractivity contribution in [2.24, 2.45) is 68.3 Å². The van der Waals surface area contributed by atoms with Gasteiger partial charge in [0.1, 0.15) is 6.04 Å². The number of carbonyl (C=O) groups is 1. The van der Waals surface area contributed by atoms with Gasteiger partial charge in [0.15, 0.2) is 6.33 Å². The number of allylic oxidation sites excluding steroid dienone is 1. The predicted octanol–water partition coefficient (Wildman–Crippen LogP) is 6.56. The second-order valence-electron chi connectivity index (χ2n) is 18.3. The van der Waals surface area contributed by atoms with Gasteiger partial charge >= 0.3 is 5.97 Å². The molecule has 0 radical (unpaired) electrons. The van der Waals surface area contributed by atoms with Crippen molar-refractivity contribution >= 4 is 5.97 Å². The molecule has 1 aromatic rings. The summed E-state index contributed by atoms with van der Waals surface area (Å²) in [6.07, 6.45) is 9.58. The number of rotatable bonds is 8. The molecule has 1 aromatic heterocycles. The van der Waals surface area contributed by atoms with Crippen molar-refractivity contribution in [1.82, 2.24) is 20.2 Å². The van der Waals surface area contributed by atoms with Gasteiger partial charge < -0.3 is 20.3 Å². The predicted molar refractivity (Wildman–Crippen MR) is 178 cm³/mol. The fourth-order valence-electron chi connectivity index (χ4n) is 11.9. The molecular formula is C37H61N5O4. The molecule has 258 valence electrons. The molecule has 5 aliphatic rings. The van der Waals surface area contributed by atoms with Gasteiger partial charge in [-0.25, -0.2) is 0 Å². The highest BCUT2D eigenvalue weighted by Crippen LogP contribution is 2.75. The molecule has 3 N–H and O–H groups in total. The van der Waals surface area contributed by atoms with Crippen molar-refractivity contribution in [1.29, 1.82) is 0 Å². The molecule has 1 saturated heterocycles. The first kappa shape index (κ1) is 34.0. The van der Waals surface area contributed by atoms with Crippen LogP contribution >= 0.6 is 0 Å². The van der Waals surface area contributed by atoms with Crippen LogP contribution in [0.4, 0.5) is 0 Å². The van der Waals surface area contributed by atoms with Gasteiger partial charge in [0.2, 0.25) is 0 Å². The number of ether oxygens (including phenoxy) is 2. The molecular weight excluding hydrogens is 578 g/mol. The highest BCUT2D eigenvalue weighted by atomic mass is 16.5. The van der Waals surface area contributed by atoms with Crippen LogP contribution in [-0.4, -0.2) is 62.7 Å². The zero-order valence-corrected chi connectivity index (χ0v) is 30.2. The van der Waals surface area contributed by atoms with E-state index >= 15 is 0 Å². The Kier molecular flexibility index (Phi) is 8.21. The van der Waals surface area contributed by atoms with Gasteiger partial charge in [-0.1, -0.05) is 74.0 Å². The topological polar surface area (TPSA) is 125 Å². The highest BCUT2D eigenvalue weighted by Gasteiger charge is 2.72. The molecule has 12 atom stereocenters. The van der Waals surface area contributed by atoms with Crippen LogP contribution in [0.2, 0.25) is 0 Å². The van der Waals surface area contributed by atoms with E-state index < -0.39 is 17.4 Å². The summed E-state index contributed by atoms with van der Waals surface area (Å²) < 4.78 is 13.6. The van der Waals surface area contributed by atoms with Crippen LogP contribution in [0, 0.1) is 62.6 Å². The average Bonchev–Trinajstić information content (AvgIpc) is 3.51. The first-order valence-electron chi connectivity index (χ1n) is 18.0. The van der Waals surface area contributed by atoms with Crippen molar-refractivity contribution in [2.75, 3.05) is 19.8 Å². The molecule has 2 bridgehead atoms. The zero-order chi connectivity index (χ0) is 33.7. The minimum atomic E-state index is -0.621. The summed E-state index contributed by atoms with van der Waals surface area (Å²) in [6, 6.07) is -0.107. The molecule has 0 spiro atoms. The number of hydrogen-bond donors (Lipinski definition) is 2. The summed E-state index contributed by atoms with van der Waals surface area (Å²) in [5.41, 5.74) is 6.61. The number of fused-ring (bicyclic) bond motifs is 3. The van der Waals surface area contributed by atoms with Gasteiger partial charge in [-0.3, -0.25) is 4.79 Å². The standard InChI is InChI=1S/C37H61N5O4/c1-22(2)24(5)32(6)15-16-34(8)25-11-12-28-33(7)18-45-20-37(28,26(25)13-14-35(34,9)29(32)31(43)44)17-27(42-40-21-39-41-42)30(33)46-19-36(10,38)23(3)4/h13,21-25,27-30H,11-12,14-20,38H2,1-10H3,(H,43,44)/t24-,25+,27-,28+,29-,30+,32-,33+,34-,35+,36?,37?/m1/s1. The number of aromatic nitrogens is 4. The van der Waals surface area contributed by atoms with Crippen molar-refractivity contribution in [3.8, 4) is 0 Å². The molecule has 3 saturated carbocycles. The molecule has 1 aliphatic heterocycles. The number of tetrazole rings is 1. The van der Waals surface area contributed by atoms with Crippen LogP contribution in [0.1, 0.15) is 114 Å². The molecule has 2 heterocycles. The second-order valence-corrected chi connectivity index (χ2v) is 18.3. The molecule has 6 rings (SSSR count). The lowest BCUT2D eigenvalue weighted by Crippen LogP contribution is -2.69. The lowest BCUT2D eigenvalue weighted by molar-refractivity contribution is -0.253. The number of carboxylic acid groups (broad SMARTS) is 1. The maximum atomic E-state index is 13.4. The van der Waals surface area contributed by atoms with Gasteiger partial charge in [0, 0.05) is 16.4 Å². The Bertz CT molecular complexity index is 1340. The zero-order valence-electron chi connectivity index (χ0n) is 30.2. The number of carboxylic acids is 1. The van der Waals surface area contributed by atoms with E-state index in [4.69, 9.17) is 15.2 Å². The van der Waals surface area contributed by atoms with E-state index in [-0.39, 0.29) is 45.1 Å². The van der Waals surface area contributed by atoms with Gasteiger partial charge in [0.25, 0.3) is 0 Å². The first-order chi connectivity index (χ1) is 21.4. The quantitative estimate of drug-likeness (QED) is 0.306. The first-order valence-corrected chi connectivity index (χ1v) is 18.0. The van der Waals surface area contributed by atoms with E-state index in [0.29, 0.717) is 43.5 Å². The molecule has 0 aromatic carbocycles. The van der Waals surface area contributed by atoms with E-state index in [1.807, 2.05) is 0 Å². The van der Waals surface area contributed by atoms with Crippen molar-refractivity contribution in [2.45, 2.75) is 125 Å². The average molecular weight is 640 g/mol. The van der Waals surface area contributed by atoms with E-state index in [2.05, 4.69) is 90.7 Å². The molecule has 9 heteroatoms. The van der Waals surface area contributed by atoms with E-state index in [1.54, 1.807) is 4.80 Å². The number of hydrogen-bond acceptors (Lipinski definition) is 7. The highest BCUT2D eigenvalue weighted by molar-refractivity contribution is 5.73. The van der Waals surface area contributed by atoms with Crippen LogP contribution < -0.4 is 5.73 Å². The number of aliphatic carboxylic acids is 1. The third-order valence-electron chi connectivity index (χ3n) is 15.6. The molecule has 4 aliphatic carbocycles. The summed E-state index contributed by atoms with van der Waals surface area (Å²) in [5.74, 6) is 0.676. The Labute approximate surface area is 276 Å². The minimum absolute atomic E-state index is 0.107. The van der Waals surface area contributed by atoms with Gasteiger partial charge in [-0.15, -0.1) is 10.2 Å². The monoisotopic (exact) mass is 639 g/mol.